The second-order valence-corrected chi connectivity index (χ2v) is 6.06. The lowest BCUT2D eigenvalue weighted by atomic mass is 10.1. The summed E-state index contributed by atoms with van der Waals surface area (Å²) in [5.41, 5.74) is 2.08. The number of piperazine rings is 1. The Bertz CT molecular complexity index is 832. The molecule has 132 valence electrons. The summed E-state index contributed by atoms with van der Waals surface area (Å²) in [6.45, 7) is 2.72. The molecule has 1 amide bonds. The first-order chi connectivity index (χ1) is 12.7. The van der Waals surface area contributed by atoms with Crippen LogP contribution < -0.4 is 9.64 Å². The summed E-state index contributed by atoms with van der Waals surface area (Å²) in [5, 5.41) is 9.44. The van der Waals surface area contributed by atoms with Gasteiger partial charge in [-0.1, -0.05) is 30.3 Å². The SMILES string of the molecule is COc1cccc(/C=C(/C#N)C(=O)N2CCN(c3ccccc3)CC2)c1. The first-order valence-electron chi connectivity index (χ1n) is 8.56. The fourth-order valence-electron chi connectivity index (χ4n) is 3.02. The first-order valence-corrected chi connectivity index (χ1v) is 8.56. The van der Waals surface area contributed by atoms with Crippen molar-refractivity contribution < 1.29 is 9.53 Å². The maximum Gasteiger partial charge on any atom is 0.264 e. The number of benzene rings is 2. The third kappa shape index (κ3) is 4.04. The molecule has 0 atom stereocenters. The normalized spacial score (nSPS) is 14.7. The summed E-state index contributed by atoms with van der Waals surface area (Å²) in [6.07, 6.45) is 1.62. The van der Waals surface area contributed by atoms with Gasteiger partial charge in [0.25, 0.3) is 5.91 Å². The number of rotatable bonds is 4. The second kappa shape index (κ2) is 8.21. The number of ether oxygens (including phenoxy) is 1. The Balaban J connectivity index is 1.68. The quantitative estimate of drug-likeness (QED) is 0.630. The summed E-state index contributed by atoms with van der Waals surface area (Å²) in [5.74, 6) is 0.475. The number of carbonyl (C=O) groups is 1. The molecule has 0 saturated carbocycles. The van der Waals surface area contributed by atoms with Gasteiger partial charge >= 0.3 is 0 Å². The molecule has 1 aliphatic heterocycles. The zero-order chi connectivity index (χ0) is 18.4. The highest BCUT2D eigenvalue weighted by Crippen LogP contribution is 2.19. The van der Waals surface area contributed by atoms with E-state index in [9.17, 15) is 10.1 Å². The van der Waals surface area contributed by atoms with Crippen molar-refractivity contribution in [3.8, 4) is 11.8 Å². The van der Waals surface area contributed by atoms with E-state index in [0.717, 1.165) is 24.3 Å². The van der Waals surface area contributed by atoms with Crippen LogP contribution in [0.2, 0.25) is 0 Å². The lowest BCUT2D eigenvalue weighted by Gasteiger charge is -2.36. The Labute approximate surface area is 153 Å². The molecule has 0 aliphatic carbocycles. The maximum absolute atomic E-state index is 12.7. The van der Waals surface area contributed by atoms with Gasteiger partial charge in [0.15, 0.2) is 0 Å². The predicted octanol–water partition coefficient (Wildman–Crippen LogP) is 2.95. The highest BCUT2D eigenvalue weighted by Gasteiger charge is 2.23. The molecule has 1 heterocycles. The first kappa shape index (κ1) is 17.6. The maximum atomic E-state index is 12.7. The molecule has 5 nitrogen and oxygen atoms in total. The standard InChI is InChI=1S/C21H21N3O2/c1-26-20-9-5-6-17(15-20)14-18(16-22)21(25)24-12-10-23(11-13-24)19-7-3-2-4-8-19/h2-9,14-15H,10-13H2,1H3/b18-14-. The monoisotopic (exact) mass is 347 g/mol. The van der Waals surface area contributed by atoms with Crippen molar-refractivity contribution in [3.05, 3.63) is 65.7 Å². The molecular formula is C21H21N3O2. The zero-order valence-electron chi connectivity index (χ0n) is 14.8. The summed E-state index contributed by atoms with van der Waals surface area (Å²) in [4.78, 5) is 16.7. The molecule has 3 rings (SSSR count). The lowest BCUT2D eigenvalue weighted by Crippen LogP contribution is -2.49. The lowest BCUT2D eigenvalue weighted by molar-refractivity contribution is -0.126. The topological polar surface area (TPSA) is 56.6 Å². The molecule has 0 unspecified atom stereocenters. The van der Waals surface area contributed by atoms with Crippen LogP contribution in [0.15, 0.2) is 60.2 Å². The van der Waals surface area contributed by atoms with Crippen molar-refractivity contribution >= 4 is 17.7 Å². The predicted molar refractivity (Wildman–Crippen MR) is 102 cm³/mol. The van der Waals surface area contributed by atoms with E-state index in [4.69, 9.17) is 4.74 Å². The molecule has 0 N–H and O–H groups in total. The molecule has 0 aromatic heterocycles. The van der Waals surface area contributed by atoms with E-state index in [1.54, 1.807) is 24.2 Å². The van der Waals surface area contributed by atoms with Crippen LogP contribution in [-0.2, 0) is 4.79 Å². The number of methoxy groups -OCH3 is 1. The Morgan fingerprint density at radius 3 is 2.46 bits per heavy atom. The van der Waals surface area contributed by atoms with Crippen LogP contribution in [0.4, 0.5) is 5.69 Å². The number of amides is 1. The van der Waals surface area contributed by atoms with E-state index < -0.39 is 0 Å². The van der Waals surface area contributed by atoms with Gasteiger partial charge in [-0.3, -0.25) is 4.79 Å². The van der Waals surface area contributed by atoms with Gasteiger partial charge in [0.2, 0.25) is 0 Å². The van der Waals surface area contributed by atoms with Crippen LogP contribution in [0.1, 0.15) is 5.56 Å². The van der Waals surface area contributed by atoms with E-state index in [-0.39, 0.29) is 11.5 Å². The molecule has 1 fully saturated rings. The number of nitriles is 1. The van der Waals surface area contributed by atoms with Crippen LogP contribution in [0.25, 0.3) is 6.08 Å². The van der Waals surface area contributed by atoms with E-state index in [1.807, 2.05) is 42.5 Å². The minimum Gasteiger partial charge on any atom is -0.497 e. The van der Waals surface area contributed by atoms with Gasteiger partial charge in [-0.05, 0) is 35.9 Å². The Morgan fingerprint density at radius 1 is 1.08 bits per heavy atom. The Morgan fingerprint density at radius 2 is 1.81 bits per heavy atom. The molecular weight excluding hydrogens is 326 g/mol. The van der Waals surface area contributed by atoms with Gasteiger partial charge < -0.3 is 14.5 Å². The van der Waals surface area contributed by atoms with Crippen molar-refractivity contribution in [2.24, 2.45) is 0 Å². The van der Waals surface area contributed by atoms with Crippen LogP contribution >= 0.6 is 0 Å². The molecule has 0 bridgehead atoms. The number of nitrogens with zero attached hydrogens (tertiary/aromatic N) is 3. The Kier molecular flexibility index (Phi) is 5.55. The highest BCUT2D eigenvalue weighted by molar-refractivity contribution is 6.01. The second-order valence-electron chi connectivity index (χ2n) is 6.06. The minimum atomic E-state index is -0.219. The van der Waals surface area contributed by atoms with Crippen molar-refractivity contribution in [1.29, 1.82) is 5.26 Å². The molecule has 2 aromatic carbocycles. The third-order valence-electron chi connectivity index (χ3n) is 4.44. The van der Waals surface area contributed by atoms with Gasteiger partial charge in [0.05, 0.1) is 7.11 Å². The van der Waals surface area contributed by atoms with E-state index in [1.165, 1.54) is 0 Å². The molecule has 0 spiro atoms. The molecule has 5 heteroatoms. The van der Waals surface area contributed by atoms with E-state index in [2.05, 4.69) is 17.0 Å². The van der Waals surface area contributed by atoms with Crippen molar-refractivity contribution in [2.45, 2.75) is 0 Å². The summed E-state index contributed by atoms with van der Waals surface area (Å²) in [6, 6.07) is 19.5. The summed E-state index contributed by atoms with van der Waals surface area (Å²) in [7, 11) is 1.59. The number of anilines is 1. The van der Waals surface area contributed by atoms with E-state index >= 15 is 0 Å². The minimum absolute atomic E-state index is 0.145. The van der Waals surface area contributed by atoms with Gasteiger partial charge in [0, 0.05) is 31.9 Å². The number of carbonyl (C=O) groups excluding carboxylic acids is 1. The number of hydrogen-bond donors (Lipinski definition) is 0. The van der Waals surface area contributed by atoms with Crippen LogP contribution in [-0.4, -0.2) is 44.1 Å². The van der Waals surface area contributed by atoms with Crippen molar-refractivity contribution in [2.75, 3.05) is 38.2 Å². The third-order valence-corrected chi connectivity index (χ3v) is 4.44. The van der Waals surface area contributed by atoms with E-state index in [0.29, 0.717) is 18.8 Å². The van der Waals surface area contributed by atoms with Crippen LogP contribution in [0.3, 0.4) is 0 Å². The fraction of sp³-hybridized carbons (Fsp3) is 0.238. The summed E-state index contributed by atoms with van der Waals surface area (Å²) >= 11 is 0. The van der Waals surface area contributed by atoms with Gasteiger partial charge in [-0.15, -0.1) is 0 Å². The average Bonchev–Trinajstić information content (AvgIpc) is 2.72. The Hall–Kier alpha value is -3.26. The average molecular weight is 347 g/mol. The van der Waals surface area contributed by atoms with Gasteiger partial charge in [0.1, 0.15) is 17.4 Å². The fourth-order valence-corrected chi connectivity index (χ4v) is 3.02. The number of hydrogen-bond acceptors (Lipinski definition) is 4. The largest absolute Gasteiger partial charge is 0.497 e. The van der Waals surface area contributed by atoms with Crippen molar-refractivity contribution in [1.82, 2.24) is 4.90 Å². The summed E-state index contributed by atoms with van der Waals surface area (Å²) < 4.78 is 5.19. The number of para-hydroxylation sites is 1. The molecule has 26 heavy (non-hydrogen) atoms. The zero-order valence-corrected chi connectivity index (χ0v) is 14.8. The highest BCUT2D eigenvalue weighted by atomic mass is 16.5. The van der Waals surface area contributed by atoms with Crippen LogP contribution in [0.5, 0.6) is 5.75 Å². The van der Waals surface area contributed by atoms with Crippen LogP contribution in [0, 0.1) is 11.3 Å². The molecule has 2 aromatic rings. The molecule has 1 aliphatic rings. The molecule has 0 radical (unpaired) electrons. The van der Waals surface area contributed by atoms with Gasteiger partial charge in [-0.2, -0.15) is 5.26 Å². The smallest absolute Gasteiger partial charge is 0.264 e. The van der Waals surface area contributed by atoms with Crippen molar-refractivity contribution in [3.63, 3.8) is 0 Å². The molecule has 1 saturated heterocycles. The van der Waals surface area contributed by atoms with Gasteiger partial charge in [-0.25, -0.2) is 0 Å².